The molecule has 334 valence electrons. The van der Waals surface area contributed by atoms with Gasteiger partial charge in [0.25, 0.3) is 0 Å². The number of nitro groups is 2. The van der Waals surface area contributed by atoms with Gasteiger partial charge in [-0.15, -0.1) is 0 Å². The van der Waals surface area contributed by atoms with E-state index in [0.717, 1.165) is 77.0 Å². The summed E-state index contributed by atoms with van der Waals surface area (Å²) < 4.78 is 18.9. The number of hydrogen-bond acceptors (Lipinski definition) is 12. The molecule has 16 nitrogen and oxygen atoms in total. The molecule has 0 aliphatic heterocycles. The third-order valence-corrected chi connectivity index (χ3v) is 16.0. The van der Waals surface area contributed by atoms with E-state index >= 15 is 0 Å². The van der Waals surface area contributed by atoms with E-state index in [1.807, 2.05) is 0 Å². The third kappa shape index (κ3) is 10.9. The van der Waals surface area contributed by atoms with Crippen molar-refractivity contribution in [1.29, 1.82) is 0 Å². The predicted octanol–water partition coefficient (Wildman–Crippen LogP) is 7.73. The van der Waals surface area contributed by atoms with Gasteiger partial charge >= 0.3 is 17.9 Å². The Morgan fingerprint density at radius 3 is 1.42 bits per heavy atom. The molecule has 0 saturated heterocycles. The van der Waals surface area contributed by atoms with Crippen molar-refractivity contribution in [3.8, 4) is 0 Å². The molecule has 7 unspecified atom stereocenters. The number of esters is 1. The third-order valence-electron chi connectivity index (χ3n) is 16.0. The maximum Gasteiger partial charge on any atom is 0.317 e. The highest BCUT2D eigenvalue weighted by atomic mass is 17.1. The normalized spacial score (nSPS) is 39.0. The summed E-state index contributed by atoms with van der Waals surface area (Å²) in [6.07, 6.45) is 15.2. The lowest BCUT2D eigenvalue weighted by molar-refractivity contribution is -0.544. The fourth-order valence-electron chi connectivity index (χ4n) is 12.5. The summed E-state index contributed by atoms with van der Waals surface area (Å²) in [6.45, 7) is 4.86. The van der Waals surface area contributed by atoms with Gasteiger partial charge in [-0.2, -0.15) is 0 Å². The lowest BCUT2D eigenvalue weighted by Crippen LogP contribution is -2.51. The lowest BCUT2D eigenvalue weighted by Gasteiger charge is -2.47. The minimum atomic E-state index is -1.26. The maximum absolute atomic E-state index is 13.1. The maximum atomic E-state index is 13.1. The molecule has 6 rings (SSSR count). The minimum absolute atomic E-state index is 0.0735. The quantitative estimate of drug-likeness (QED) is 0.0620. The van der Waals surface area contributed by atoms with Crippen LogP contribution in [0.3, 0.4) is 0 Å². The summed E-state index contributed by atoms with van der Waals surface area (Å²) in [5.74, 6) is -6.07. The second-order valence-corrected chi connectivity index (χ2v) is 19.5. The standard InChI is InChI=1S/C43H68N2O14/c1-43(2,26-11-17-29(18-12-26)56-28-15-9-25(10-16-28)39(59-55)37-33(40(46)47)5-3-7-35(37)44(51)52)27-13-19-30(20-14-27)57-31-21-23-32(24-22-31)58-42(50)38-34(41(48)49)6-4-8-36(38)45(53)54/h25-39,55H,3-24H2,1-2H3,(H,46,47)(H,48,49). The zero-order valence-corrected chi connectivity index (χ0v) is 34.9. The van der Waals surface area contributed by atoms with Crippen LogP contribution in [-0.2, 0) is 33.5 Å². The molecule has 6 aliphatic carbocycles. The van der Waals surface area contributed by atoms with E-state index in [2.05, 4.69) is 13.8 Å². The van der Waals surface area contributed by atoms with E-state index in [1.54, 1.807) is 0 Å². The average molecular weight is 837 g/mol. The molecular weight excluding hydrogens is 768 g/mol. The van der Waals surface area contributed by atoms with Crippen molar-refractivity contribution in [3.05, 3.63) is 20.2 Å². The van der Waals surface area contributed by atoms with Crippen LogP contribution in [0.25, 0.3) is 0 Å². The summed E-state index contributed by atoms with van der Waals surface area (Å²) in [4.78, 5) is 64.4. The molecule has 6 saturated carbocycles. The molecule has 3 N–H and O–H groups in total. The Morgan fingerprint density at radius 2 is 0.983 bits per heavy atom. The van der Waals surface area contributed by atoms with Crippen LogP contribution in [0, 0.1) is 67.1 Å². The number of carbonyl (C=O) groups is 3. The first-order chi connectivity index (χ1) is 28.2. The first-order valence-electron chi connectivity index (χ1n) is 22.7. The molecule has 0 spiro atoms. The Bertz CT molecular complexity index is 1400. The molecule has 16 heteroatoms. The average Bonchev–Trinajstić information content (AvgIpc) is 3.22. The Balaban J connectivity index is 0.886. The van der Waals surface area contributed by atoms with Crippen LogP contribution in [0.2, 0.25) is 0 Å². The van der Waals surface area contributed by atoms with Crippen LogP contribution >= 0.6 is 0 Å². The highest BCUT2D eigenvalue weighted by Crippen LogP contribution is 2.50. The number of carboxylic acid groups (broad SMARTS) is 2. The second kappa shape index (κ2) is 20.3. The van der Waals surface area contributed by atoms with Gasteiger partial charge in [-0.05, 0) is 152 Å². The number of nitrogens with zero attached hydrogens (tertiary/aromatic N) is 2. The smallest absolute Gasteiger partial charge is 0.317 e. The number of ether oxygens (including phenoxy) is 3. The largest absolute Gasteiger partial charge is 0.481 e. The summed E-state index contributed by atoms with van der Waals surface area (Å²) in [5.41, 5.74) is 0.190. The molecule has 59 heavy (non-hydrogen) atoms. The Hall–Kier alpha value is -2.95. The highest BCUT2D eigenvalue weighted by molar-refractivity contribution is 5.82. The van der Waals surface area contributed by atoms with Crippen molar-refractivity contribution in [2.75, 3.05) is 0 Å². The van der Waals surface area contributed by atoms with Crippen molar-refractivity contribution in [1.82, 2.24) is 0 Å². The van der Waals surface area contributed by atoms with E-state index < -0.39 is 69.6 Å². The van der Waals surface area contributed by atoms with E-state index in [0.29, 0.717) is 63.2 Å². The summed E-state index contributed by atoms with van der Waals surface area (Å²) in [6, 6.07) is -2.27. The van der Waals surface area contributed by atoms with Crippen LogP contribution in [0.15, 0.2) is 0 Å². The van der Waals surface area contributed by atoms with E-state index in [-0.39, 0.29) is 54.7 Å². The van der Waals surface area contributed by atoms with E-state index in [4.69, 9.17) is 19.1 Å². The molecule has 0 aromatic rings. The van der Waals surface area contributed by atoms with Gasteiger partial charge in [0.15, 0.2) is 0 Å². The van der Waals surface area contributed by atoms with Crippen LogP contribution < -0.4 is 0 Å². The molecule has 6 aliphatic rings. The molecule has 6 fully saturated rings. The number of carbonyl (C=O) groups excluding carboxylic acids is 1. The van der Waals surface area contributed by atoms with Crippen LogP contribution in [0.5, 0.6) is 0 Å². The van der Waals surface area contributed by atoms with Crippen molar-refractivity contribution in [3.63, 3.8) is 0 Å². The number of rotatable bonds is 15. The Morgan fingerprint density at radius 1 is 0.576 bits per heavy atom. The zero-order chi connectivity index (χ0) is 42.4. The molecule has 0 aromatic carbocycles. The van der Waals surface area contributed by atoms with Gasteiger partial charge in [0, 0.05) is 22.7 Å². The lowest BCUT2D eigenvalue weighted by atomic mass is 9.60. The molecule has 0 heterocycles. The topological polar surface area (TPSA) is 235 Å². The van der Waals surface area contributed by atoms with Crippen LogP contribution in [0.1, 0.15) is 155 Å². The number of hydrogen-bond donors (Lipinski definition) is 3. The molecular formula is C43H68N2O14. The summed E-state index contributed by atoms with van der Waals surface area (Å²) >= 11 is 0. The summed E-state index contributed by atoms with van der Waals surface area (Å²) in [7, 11) is 0. The van der Waals surface area contributed by atoms with Gasteiger partial charge in [-0.3, -0.25) is 39.9 Å². The highest BCUT2D eigenvalue weighted by Gasteiger charge is 2.52. The van der Waals surface area contributed by atoms with Crippen LogP contribution in [-0.4, -0.2) is 91.9 Å². The van der Waals surface area contributed by atoms with Gasteiger partial charge in [0.05, 0.1) is 42.2 Å². The molecule has 0 radical (unpaired) electrons. The van der Waals surface area contributed by atoms with Gasteiger partial charge in [-0.25, -0.2) is 4.89 Å². The fourth-order valence-corrected chi connectivity index (χ4v) is 12.5. The SMILES string of the molecule is CC(C)(C1CCC(OC2CCC(OC(=O)C3C(C(=O)O)CCCC3[N+](=O)[O-])CC2)CC1)C1CCC(OC2CCC(C(OO)C3C(C(=O)O)CCCC3[N+](=O)[O-])CC2)CC1. The molecule has 0 aromatic heterocycles. The van der Waals surface area contributed by atoms with Crippen molar-refractivity contribution >= 4 is 17.9 Å². The first kappa shape index (κ1) is 45.6. The molecule has 0 bridgehead atoms. The van der Waals surface area contributed by atoms with Crippen molar-refractivity contribution in [2.45, 2.75) is 204 Å². The first-order valence-corrected chi connectivity index (χ1v) is 22.7. The zero-order valence-electron chi connectivity index (χ0n) is 34.9. The molecule has 0 amide bonds. The monoisotopic (exact) mass is 836 g/mol. The molecule has 7 atom stereocenters. The van der Waals surface area contributed by atoms with Crippen LogP contribution in [0.4, 0.5) is 0 Å². The van der Waals surface area contributed by atoms with Gasteiger partial charge in [0.2, 0.25) is 12.1 Å². The van der Waals surface area contributed by atoms with E-state index in [1.165, 1.54) is 0 Å². The second-order valence-electron chi connectivity index (χ2n) is 19.5. The van der Waals surface area contributed by atoms with Gasteiger partial charge in [-0.1, -0.05) is 13.8 Å². The van der Waals surface area contributed by atoms with Crippen molar-refractivity contribution < 1.29 is 58.8 Å². The number of aliphatic carboxylic acids is 2. The predicted molar refractivity (Wildman–Crippen MR) is 211 cm³/mol. The number of carboxylic acids is 2. The van der Waals surface area contributed by atoms with E-state index in [9.17, 15) is 50.1 Å². The Kier molecular flexibility index (Phi) is 15.7. The van der Waals surface area contributed by atoms with Crippen molar-refractivity contribution in [2.24, 2.45) is 46.8 Å². The fraction of sp³-hybridized carbons (Fsp3) is 0.930. The van der Waals surface area contributed by atoms with Gasteiger partial charge in [0.1, 0.15) is 18.1 Å². The minimum Gasteiger partial charge on any atom is -0.481 e. The summed E-state index contributed by atoms with van der Waals surface area (Å²) in [5, 5.41) is 52.9. The van der Waals surface area contributed by atoms with Gasteiger partial charge < -0.3 is 24.4 Å². The Labute approximate surface area is 347 Å².